The first kappa shape index (κ1) is 16.3. The van der Waals surface area contributed by atoms with Crippen molar-refractivity contribution < 1.29 is 9.53 Å². The van der Waals surface area contributed by atoms with Crippen molar-refractivity contribution in [2.45, 2.75) is 39.5 Å². The Morgan fingerprint density at radius 3 is 2.14 bits per heavy atom. The Morgan fingerprint density at radius 2 is 1.86 bits per heavy atom. The van der Waals surface area contributed by atoms with Gasteiger partial charge in [0.2, 0.25) is 0 Å². The summed E-state index contributed by atoms with van der Waals surface area (Å²) in [5.74, 6) is 0.0703. The van der Waals surface area contributed by atoms with Crippen molar-refractivity contribution in [3.8, 4) is 0 Å². The number of hydrogen-bond donors (Lipinski definition) is 0. The van der Waals surface area contributed by atoms with Gasteiger partial charge in [0.15, 0.2) is 0 Å². The topological polar surface area (TPSA) is 26.3 Å². The molecule has 0 saturated carbocycles. The molecule has 3 heteroatoms. The van der Waals surface area contributed by atoms with E-state index in [1.54, 1.807) is 11.8 Å². The van der Waals surface area contributed by atoms with Crippen LogP contribution in [0.4, 0.5) is 0 Å². The van der Waals surface area contributed by atoms with E-state index >= 15 is 0 Å². The lowest BCUT2D eigenvalue weighted by Crippen LogP contribution is -2.14. The van der Waals surface area contributed by atoms with E-state index < -0.39 is 0 Å². The van der Waals surface area contributed by atoms with E-state index in [4.69, 9.17) is 0 Å². The van der Waals surface area contributed by atoms with Crippen LogP contribution in [0.3, 0.4) is 0 Å². The Labute approximate surface area is 92.8 Å². The Kier molecular flexibility index (Phi) is 14.9. The van der Waals surface area contributed by atoms with Crippen molar-refractivity contribution in [2.24, 2.45) is 5.92 Å². The molecule has 0 heterocycles. The summed E-state index contributed by atoms with van der Waals surface area (Å²) in [6.07, 6.45) is 8.22. The summed E-state index contributed by atoms with van der Waals surface area (Å²) in [6, 6.07) is 0. The fourth-order valence-electron chi connectivity index (χ4n) is 1.11. The summed E-state index contributed by atoms with van der Waals surface area (Å²) in [6.45, 7) is 4.15. The van der Waals surface area contributed by atoms with Crippen LogP contribution in [0.1, 0.15) is 39.5 Å². The lowest BCUT2D eigenvalue weighted by molar-refractivity contribution is -0.145. The second-order valence-corrected chi connectivity index (χ2v) is 4.00. The van der Waals surface area contributed by atoms with Gasteiger partial charge in [0.25, 0.3) is 0 Å². The van der Waals surface area contributed by atoms with Gasteiger partial charge in [0.05, 0.1) is 13.0 Å². The van der Waals surface area contributed by atoms with Gasteiger partial charge in [-0.3, -0.25) is 4.79 Å². The van der Waals surface area contributed by atoms with Gasteiger partial charge in [0, 0.05) is 0 Å². The molecule has 14 heavy (non-hydrogen) atoms. The molecule has 0 bridgehead atoms. The Balaban J connectivity index is 0. The third kappa shape index (κ3) is 9.90. The normalized spacial score (nSPS) is 11.2. The molecule has 2 nitrogen and oxygen atoms in total. The van der Waals surface area contributed by atoms with Crippen molar-refractivity contribution in [3.05, 3.63) is 0 Å². The second-order valence-electron chi connectivity index (χ2n) is 3.18. The highest BCUT2D eigenvalue weighted by Crippen LogP contribution is 2.13. The molecule has 0 aromatic carbocycles. The van der Waals surface area contributed by atoms with Crippen LogP contribution >= 0.6 is 11.8 Å². The van der Waals surface area contributed by atoms with Crippen LogP contribution < -0.4 is 0 Å². The average molecular weight is 220 g/mol. The van der Waals surface area contributed by atoms with Crippen LogP contribution in [0, 0.1) is 5.92 Å². The summed E-state index contributed by atoms with van der Waals surface area (Å²) in [5, 5.41) is 0. The first-order valence-electron chi connectivity index (χ1n) is 5.15. The SMILES string of the molecule is CCCCC(CC)C(=O)OC.CSC. The number of carbonyl (C=O) groups excluding carboxylic acids is 1. The maximum atomic E-state index is 11.0. The number of unbranched alkanes of at least 4 members (excludes halogenated alkanes) is 1. The summed E-state index contributed by atoms with van der Waals surface area (Å²) in [4.78, 5) is 11.0. The van der Waals surface area contributed by atoms with Gasteiger partial charge in [-0.25, -0.2) is 0 Å². The minimum absolute atomic E-state index is 0.0547. The summed E-state index contributed by atoms with van der Waals surface area (Å²) >= 11 is 1.75. The summed E-state index contributed by atoms with van der Waals surface area (Å²) in [5.41, 5.74) is 0. The number of rotatable bonds is 5. The molecule has 1 unspecified atom stereocenters. The van der Waals surface area contributed by atoms with Crippen molar-refractivity contribution in [1.29, 1.82) is 0 Å². The van der Waals surface area contributed by atoms with Gasteiger partial charge in [-0.15, -0.1) is 0 Å². The highest BCUT2D eigenvalue weighted by atomic mass is 32.2. The fourth-order valence-corrected chi connectivity index (χ4v) is 1.11. The van der Waals surface area contributed by atoms with Crippen molar-refractivity contribution in [2.75, 3.05) is 19.6 Å². The smallest absolute Gasteiger partial charge is 0.308 e. The molecule has 0 rings (SSSR count). The van der Waals surface area contributed by atoms with Crippen molar-refractivity contribution >= 4 is 17.7 Å². The molecule has 0 aromatic heterocycles. The fraction of sp³-hybridized carbons (Fsp3) is 0.909. The molecule has 0 amide bonds. The molecule has 0 aliphatic rings. The number of ether oxygens (including phenoxy) is 1. The van der Waals surface area contributed by atoms with E-state index in [1.807, 2.05) is 19.4 Å². The van der Waals surface area contributed by atoms with E-state index in [0.717, 1.165) is 25.7 Å². The minimum Gasteiger partial charge on any atom is -0.469 e. The van der Waals surface area contributed by atoms with Crippen LogP contribution in [-0.4, -0.2) is 25.6 Å². The standard InChI is InChI=1S/C9H18O2.C2H6S/c1-4-6-7-8(5-2)9(10)11-3;1-3-2/h8H,4-7H2,1-3H3;1-2H3. The van der Waals surface area contributed by atoms with Gasteiger partial charge < -0.3 is 4.74 Å². The van der Waals surface area contributed by atoms with Gasteiger partial charge in [-0.2, -0.15) is 11.8 Å². The number of hydrogen-bond acceptors (Lipinski definition) is 3. The third-order valence-corrected chi connectivity index (χ3v) is 1.93. The first-order chi connectivity index (χ1) is 6.67. The molecule has 86 valence electrons. The summed E-state index contributed by atoms with van der Waals surface area (Å²) < 4.78 is 4.66. The molecular formula is C11H24O2S. The predicted molar refractivity (Wildman–Crippen MR) is 64.8 cm³/mol. The Hall–Kier alpha value is -0.180. The molecule has 0 N–H and O–H groups in total. The van der Waals surface area contributed by atoms with Crippen molar-refractivity contribution in [1.82, 2.24) is 0 Å². The molecule has 0 saturated heterocycles. The van der Waals surface area contributed by atoms with Gasteiger partial charge >= 0.3 is 5.97 Å². The van der Waals surface area contributed by atoms with E-state index in [0.29, 0.717) is 0 Å². The molecule has 1 atom stereocenters. The van der Waals surface area contributed by atoms with E-state index in [-0.39, 0.29) is 11.9 Å². The molecule has 0 spiro atoms. The number of esters is 1. The lowest BCUT2D eigenvalue weighted by atomic mass is 10.00. The van der Waals surface area contributed by atoms with Crippen LogP contribution in [0.2, 0.25) is 0 Å². The first-order valence-corrected chi connectivity index (χ1v) is 6.79. The zero-order chi connectivity index (χ0) is 11.4. The van der Waals surface area contributed by atoms with Crippen LogP contribution in [-0.2, 0) is 9.53 Å². The minimum atomic E-state index is -0.0547. The number of carbonyl (C=O) groups is 1. The predicted octanol–water partition coefficient (Wildman–Crippen LogP) is 3.36. The van der Waals surface area contributed by atoms with Crippen LogP contribution in [0.15, 0.2) is 0 Å². The zero-order valence-electron chi connectivity index (χ0n) is 10.1. The largest absolute Gasteiger partial charge is 0.469 e. The Morgan fingerprint density at radius 1 is 1.36 bits per heavy atom. The Bertz CT molecular complexity index is 126. The molecule has 0 fully saturated rings. The average Bonchev–Trinajstić information content (AvgIpc) is 2.19. The highest BCUT2D eigenvalue weighted by molar-refractivity contribution is 7.97. The summed E-state index contributed by atoms with van der Waals surface area (Å²) in [7, 11) is 1.46. The van der Waals surface area contributed by atoms with E-state index in [2.05, 4.69) is 11.7 Å². The van der Waals surface area contributed by atoms with E-state index in [9.17, 15) is 4.79 Å². The van der Waals surface area contributed by atoms with Gasteiger partial charge in [-0.1, -0.05) is 26.7 Å². The quantitative estimate of drug-likeness (QED) is 0.665. The maximum absolute atomic E-state index is 11.0. The monoisotopic (exact) mass is 220 g/mol. The lowest BCUT2D eigenvalue weighted by Gasteiger charge is -2.10. The molecule has 0 aliphatic heterocycles. The molecule has 0 radical (unpaired) electrons. The third-order valence-electron chi connectivity index (χ3n) is 1.93. The second kappa shape index (κ2) is 12.8. The molecule has 0 aromatic rings. The zero-order valence-corrected chi connectivity index (χ0v) is 10.9. The van der Waals surface area contributed by atoms with Gasteiger partial charge in [0.1, 0.15) is 0 Å². The highest BCUT2D eigenvalue weighted by Gasteiger charge is 2.15. The molecular weight excluding hydrogens is 196 g/mol. The van der Waals surface area contributed by atoms with Crippen LogP contribution in [0.5, 0.6) is 0 Å². The van der Waals surface area contributed by atoms with E-state index in [1.165, 1.54) is 7.11 Å². The van der Waals surface area contributed by atoms with Crippen LogP contribution in [0.25, 0.3) is 0 Å². The van der Waals surface area contributed by atoms with Gasteiger partial charge in [-0.05, 0) is 25.4 Å². The number of methoxy groups -OCH3 is 1. The molecule has 0 aliphatic carbocycles. The maximum Gasteiger partial charge on any atom is 0.308 e. The van der Waals surface area contributed by atoms with Crippen molar-refractivity contribution in [3.63, 3.8) is 0 Å². The number of thioether (sulfide) groups is 1.